The van der Waals surface area contributed by atoms with Gasteiger partial charge in [-0.2, -0.15) is 11.8 Å². The van der Waals surface area contributed by atoms with Crippen LogP contribution in [0, 0.1) is 0 Å². The van der Waals surface area contributed by atoms with Crippen molar-refractivity contribution in [3.8, 4) is 0 Å². The molecule has 0 aliphatic carbocycles. The van der Waals surface area contributed by atoms with E-state index in [0.29, 0.717) is 23.2 Å². The second-order valence-electron chi connectivity index (χ2n) is 4.17. The summed E-state index contributed by atoms with van der Waals surface area (Å²) in [4.78, 5) is 22.6. The van der Waals surface area contributed by atoms with E-state index in [1.165, 1.54) is 0 Å². The molecule has 1 aromatic carbocycles. The van der Waals surface area contributed by atoms with Gasteiger partial charge in [0.1, 0.15) is 11.4 Å². The molecule has 3 N–H and O–H groups in total. The topological polar surface area (TPSA) is 78.4 Å². The van der Waals surface area contributed by atoms with Crippen LogP contribution in [0.25, 0.3) is 0 Å². The molecule has 0 aliphatic heterocycles. The molecular weight excluding hydrogens is 252 g/mol. The van der Waals surface area contributed by atoms with Gasteiger partial charge in [-0.05, 0) is 19.1 Å². The molecule has 6 heteroatoms. The van der Waals surface area contributed by atoms with E-state index < -0.39 is 10.9 Å². The van der Waals surface area contributed by atoms with Gasteiger partial charge < -0.3 is 15.7 Å². The van der Waals surface area contributed by atoms with Gasteiger partial charge in [0.2, 0.25) is 0 Å². The molecule has 0 saturated heterocycles. The van der Waals surface area contributed by atoms with E-state index in [1.54, 1.807) is 0 Å². The molecule has 0 spiro atoms. The standard InChI is InChI=1S/C12H20N2O3S/c1-8(18-2)4-3-5-13-9-10(14-6-7-15)12(17)11(9)16/h8,13-15H,3-7H2,1-2H3. The largest absolute Gasteiger partial charge is 0.395 e. The van der Waals surface area contributed by atoms with Gasteiger partial charge in [-0.1, -0.05) is 6.92 Å². The summed E-state index contributed by atoms with van der Waals surface area (Å²) in [5.41, 5.74) is -0.283. The summed E-state index contributed by atoms with van der Waals surface area (Å²) in [6, 6.07) is 0. The van der Waals surface area contributed by atoms with Crippen molar-refractivity contribution in [1.82, 2.24) is 0 Å². The predicted molar refractivity (Wildman–Crippen MR) is 77.6 cm³/mol. The zero-order chi connectivity index (χ0) is 13.5. The van der Waals surface area contributed by atoms with Gasteiger partial charge in [0.05, 0.1) is 6.61 Å². The summed E-state index contributed by atoms with van der Waals surface area (Å²) in [6.45, 7) is 3.06. The Morgan fingerprint density at radius 2 is 1.72 bits per heavy atom. The van der Waals surface area contributed by atoms with E-state index >= 15 is 0 Å². The van der Waals surface area contributed by atoms with Crippen molar-refractivity contribution in [3.63, 3.8) is 0 Å². The second kappa shape index (κ2) is 7.43. The monoisotopic (exact) mass is 272 g/mol. The number of aliphatic hydroxyl groups excluding tert-OH is 1. The van der Waals surface area contributed by atoms with Crippen LogP contribution in [0.15, 0.2) is 9.59 Å². The van der Waals surface area contributed by atoms with Crippen LogP contribution in [-0.4, -0.2) is 36.3 Å². The Balaban J connectivity index is 2.40. The Bertz CT molecular complexity index is 440. The summed E-state index contributed by atoms with van der Waals surface area (Å²) in [5.74, 6) is 0. The third kappa shape index (κ3) is 3.74. The third-order valence-corrected chi connectivity index (χ3v) is 3.86. The van der Waals surface area contributed by atoms with Crippen molar-refractivity contribution in [2.24, 2.45) is 0 Å². The van der Waals surface area contributed by atoms with E-state index in [1.807, 2.05) is 11.8 Å². The fourth-order valence-corrected chi connectivity index (χ4v) is 2.03. The van der Waals surface area contributed by atoms with Crippen LogP contribution in [0.4, 0.5) is 11.4 Å². The molecule has 0 amide bonds. The van der Waals surface area contributed by atoms with E-state index in [2.05, 4.69) is 23.8 Å². The Morgan fingerprint density at radius 3 is 2.22 bits per heavy atom. The fourth-order valence-electron chi connectivity index (χ4n) is 1.63. The van der Waals surface area contributed by atoms with E-state index in [4.69, 9.17) is 5.11 Å². The number of hydrogen-bond acceptors (Lipinski definition) is 6. The highest BCUT2D eigenvalue weighted by atomic mass is 32.2. The highest BCUT2D eigenvalue weighted by Crippen LogP contribution is 2.15. The molecule has 1 atom stereocenters. The number of hydrogen-bond donors (Lipinski definition) is 3. The molecule has 0 saturated carbocycles. The molecule has 0 bridgehead atoms. The van der Waals surface area contributed by atoms with Crippen LogP contribution in [0.3, 0.4) is 0 Å². The Morgan fingerprint density at radius 1 is 1.17 bits per heavy atom. The van der Waals surface area contributed by atoms with E-state index in [9.17, 15) is 9.59 Å². The Hall–Kier alpha value is -1.01. The lowest BCUT2D eigenvalue weighted by Gasteiger charge is -2.14. The van der Waals surface area contributed by atoms with Crippen molar-refractivity contribution >= 4 is 23.1 Å². The molecule has 18 heavy (non-hydrogen) atoms. The van der Waals surface area contributed by atoms with Crippen molar-refractivity contribution in [2.75, 3.05) is 36.6 Å². The first-order valence-electron chi connectivity index (χ1n) is 6.06. The number of aliphatic hydroxyl groups is 1. The van der Waals surface area contributed by atoms with E-state index in [0.717, 1.165) is 12.8 Å². The molecule has 1 unspecified atom stereocenters. The van der Waals surface area contributed by atoms with Crippen LogP contribution in [-0.2, 0) is 0 Å². The molecule has 102 valence electrons. The van der Waals surface area contributed by atoms with Crippen molar-refractivity contribution in [3.05, 3.63) is 20.4 Å². The minimum atomic E-state index is -0.497. The summed E-state index contributed by atoms with van der Waals surface area (Å²) in [5, 5.41) is 15.0. The molecule has 0 radical (unpaired) electrons. The van der Waals surface area contributed by atoms with Gasteiger partial charge in [0.15, 0.2) is 0 Å². The number of nitrogens with one attached hydrogen (secondary N) is 2. The van der Waals surface area contributed by atoms with Gasteiger partial charge in [0, 0.05) is 18.3 Å². The van der Waals surface area contributed by atoms with Gasteiger partial charge in [-0.25, -0.2) is 0 Å². The minimum absolute atomic E-state index is 0.0660. The molecule has 1 aromatic rings. The lowest BCUT2D eigenvalue weighted by Crippen LogP contribution is -2.38. The SMILES string of the molecule is CSC(C)CCCNc1c(NCCO)c(=O)c1=O. The predicted octanol–water partition coefficient (Wildman–Crippen LogP) is 0.630. The molecule has 0 fully saturated rings. The van der Waals surface area contributed by atoms with E-state index in [-0.39, 0.29) is 13.2 Å². The maximum Gasteiger partial charge on any atom is 0.253 e. The zero-order valence-electron chi connectivity index (χ0n) is 10.8. The lowest BCUT2D eigenvalue weighted by atomic mass is 10.1. The molecule has 5 nitrogen and oxygen atoms in total. The summed E-state index contributed by atoms with van der Waals surface area (Å²) in [6.07, 6.45) is 4.11. The van der Waals surface area contributed by atoms with Crippen molar-refractivity contribution < 1.29 is 5.11 Å². The van der Waals surface area contributed by atoms with Crippen LogP contribution in [0.5, 0.6) is 0 Å². The third-order valence-electron chi connectivity index (χ3n) is 2.82. The first kappa shape index (κ1) is 15.0. The van der Waals surface area contributed by atoms with Crippen molar-refractivity contribution in [1.29, 1.82) is 0 Å². The Kier molecular flexibility index (Phi) is 6.21. The van der Waals surface area contributed by atoms with Crippen LogP contribution in [0.1, 0.15) is 19.8 Å². The molecule has 1 rings (SSSR count). The van der Waals surface area contributed by atoms with Gasteiger partial charge in [0.25, 0.3) is 10.9 Å². The molecule has 0 aliphatic rings. The zero-order valence-corrected chi connectivity index (χ0v) is 11.6. The summed E-state index contributed by atoms with van der Waals surface area (Å²) in [7, 11) is 0. The van der Waals surface area contributed by atoms with Crippen molar-refractivity contribution in [2.45, 2.75) is 25.0 Å². The van der Waals surface area contributed by atoms with Gasteiger partial charge in [-0.3, -0.25) is 9.59 Å². The fraction of sp³-hybridized carbons (Fsp3) is 0.667. The average molecular weight is 272 g/mol. The Labute approximate surface area is 111 Å². The lowest BCUT2D eigenvalue weighted by molar-refractivity contribution is 0.311. The van der Waals surface area contributed by atoms with Crippen LogP contribution < -0.4 is 21.5 Å². The first-order chi connectivity index (χ1) is 8.61. The quantitative estimate of drug-likeness (QED) is 0.452. The van der Waals surface area contributed by atoms with Crippen LogP contribution in [0.2, 0.25) is 0 Å². The average Bonchev–Trinajstić information content (AvgIpc) is 2.40. The smallest absolute Gasteiger partial charge is 0.253 e. The maximum atomic E-state index is 11.3. The van der Waals surface area contributed by atoms with Gasteiger partial charge in [-0.15, -0.1) is 0 Å². The molecule has 0 heterocycles. The van der Waals surface area contributed by atoms with Crippen LogP contribution >= 0.6 is 11.8 Å². The summed E-state index contributed by atoms with van der Waals surface area (Å²) < 4.78 is 0. The normalized spacial score (nSPS) is 12.6. The highest BCUT2D eigenvalue weighted by molar-refractivity contribution is 7.99. The van der Waals surface area contributed by atoms with Gasteiger partial charge >= 0.3 is 0 Å². The number of thioether (sulfide) groups is 1. The minimum Gasteiger partial charge on any atom is -0.395 e. The molecular formula is C12H20N2O3S. The summed E-state index contributed by atoms with van der Waals surface area (Å²) >= 11 is 1.81. The number of anilines is 2. The second-order valence-corrected chi connectivity index (χ2v) is 5.45. The number of rotatable bonds is 9. The maximum absolute atomic E-state index is 11.3. The first-order valence-corrected chi connectivity index (χ1v) is 7.35. The highest BCUT2D eigenvalue weighted by Gasteiger charge is 2.19. The molecule has 0 aromatic heterocycles.